The Morgan fingerprint density at radius 3 is 2.43 bits per heavy atom. The van der Waals surface area contributed by atoms with Gasteiger partial charge in [0.05, 0.1) is 0 Å². The molecule has 1 aliphatic heterocycles. The van der Waals surface area contributed by atoms with Crippen LogP contribution in [-0.2, 0) is 14.3 Å². The number of benzene rings is 1. The van der Waals surface area contributed by atoms with Crippen LogP contribution < -0.4 is 5.73 Å². The van der Waals surface area contributed by atoms with Gasteiger partial charge >= 0.3 is 0 Å². The lowest BCUT2D eigenvalue weighted by Gasteiger charge is -2.33. The number of piperidine rings is 1. The maximum absolute atomic E-state index is 12.6. The van der Waals surface area contributed by atoms with E-state index < -0.39 is 6.10 Å². The van der Waals surface area contributed by atoms with E-state index in [-0.39, 0.29) is 11.8 Å². The van der Waals surface area contributed by atoms with Gasteiger partial charge in [-0.2, -0.15) is 0 Å². The van der Waals surface area contributed by atoms with Gasteiger partial charge in [-0.05, 0) is 24.3 Å². The van der Waals surface area contributed by atoms with Crippen LogP contribution in [0.4, 0.5) is 0 Å². The van der Waals surface area contributed by atoms with Crippen molar-refractivity contribution in [2.24, 2.45) is 11.7 Å². The highest BCUT2D eigenvalue weighted by Gasteiger charge is 2.29. The number of carbonyl (C=O) groups excluding carboxylic acids is 2. The van der Waals surface area contributed by atoms with Gasteiger partial charge in [0.2, 0.25) is 5.91 Å². The van der Waals surface area contributed by atoms with E-state index in [4.69, 9.17) is 10.5 Å². The lowest BCUT2D eigenvalue weighted by Crippen LogP contribution is -2.42. The highest BCUT2D eigenvalue weighted by Crippen LogP contribution is 2.25. The van der Waals surface area contributed by atoms with Gasteiger partial charge in [0.1, 0.15) is 0 Å². The molecular weight excluding hydrogens is 268 g/mol. The average Bonchev–Trinajstić information content (AvgIpc) is 2.49. The van der Waals surface area contributed by atoms with E-state index in [0.29, 0.717) is 25.4 Å². The molecule has 1 aliphatic rings. The van der Waals surface area contributed by atoms with Crippen LogP contribution in [0.2, 0.25) is 0 Å². The lowest BCUT2D eigenvalue weighted by molar-refractivity contribution is -0.143. The molecule has 0 aromatic heterocycles. The first-order chi connectivity index (χ1) is 10.1. The summed E-state index contributed by atoms with van der Waals surface area (Å²) >= 11 is 0. The Labute approximate surface area is 125 Å². The summed E-state index contributed by atoms with van der Waals surface area (Å²) < 4.78 is 5.38. The van der Waals surface area contributed by atoms with Gasteiger partial charge in [0, 0.05) is 26.6 Å². The molecular formula is C16H22N2O3. The van der Waals surface area contributed by atoms with E-state index in [0.717, 1.165) is 18.4 Å². The summed E-state index contributed by atoms with van der Waals surface area (Å²) in [4.78, 5) is 25.3. The van der Waals surface area contributed by atoms with Crippen molar-refractivity contribution >= 4 is 11.8 Å². The molecule has 0 spiro atoms. The quantitative estimate of drug-likeness (QED) is 0.893. The molecule has 0 bridgehead atoms. The van der Waals surface area contributed by atoms with Gasteiger partial charge in [-0.3, -0.25) is 9.59 Å². The summed E-state index contributed by atoms with van der Waals surface area (Å²) in [6.45, 7) is 1.31. The van der Waals surface area contributed by atoms with Crippen LogP contribution in [-0.4, -0.2) is 36.9 Å². The van der Waals surface area contributed by atoms with Gasteiger partial charge < -0.3 is 15.4 Å². The highest BCUT2D eigenvalue weighted by molar-refractivity contribution is 5.82. The Morgan fingerprint density at radius 2 is 1.90 bits per heavy atom. The molecule has 2 rings (SSSR count). The molecule has 21 heavy (non-hydrogen) atoms. The van der Waals surface area contributed by atoms with Crippen molar-refractivity contribution < 1.29 is 14.3 Å². The molecule has 1 aromatic rings. The molecule has 1 aromatic carbocycles. The van der Waals surface area contributed by atoms with Crippen LogP contribution in [0.25, 0.3) is 0 Å². The molecule has 5 nitrogen and oxygen atoms in total. The molecule has 1 saturated heterocycles. The second-order valence-electron chi connectivity index (χ2n) is 5.47. The minimum Gasteiger partial charge on any atom is -0.370 e. The van der Waals surface area contributed by atoms with Gasteiger partial charge in [-0.15, -0.1) is 0 Å². The van der Waals surface area contributed by atoms with E-state index in [1.807, 2.05) is 35.2 Å². The number of hydrogen-bond acceptors (Lipinski definition) is 3. The second kappa shape index (κ2) is 7.22. The Balaban J connectivity index is 1.96. The summed E-state index contributed by atoms with van der Waals surface area (Å²) in [7, 11) is 1.55. The van der Waals surface area contributed by atoms with Crippen LogP contribution in [0.5, 0.6) is 0 Å². The number of ether oxygens (including phenoxy) is 1. The lowest BCUT2D eigenvalue weighted by atomic mass is 9.93. The third-order valence-electron chi connectivity index (χ3n) is 3.98. The Morgan fingerprint density at radius 1 is 1.29 bits per heavy atom. The van der Waals surface area contributed by atoms with E-state index in [9.17, 15) is 9.59 Å². The summed E-state index contributed by atoms with van der Waals surface area (Å²) in [6.07, 6.45) is 1.49. The molecule has 0 unspecified atom stereocenters. The van der Waals surface area contributed by atoms with Crippen LogP contribution >= 0.6 is 0 Å². The summed E-state index contributed by atoms with van der Waals surface area (Å²) in [6, 6.07) is 9.50. The number of likely N-dealkylation sites (tertiary alicyclic amines) is 1. The van der Waals surface area contributed by atoms with E-state index in [2.05, 4.69) is 0 Å². The van der Waals surface area contributed by atoms with Crippen molar-refractivity contribution in [1.82, 2.24) is 4.90 Å². The molecule has 2 N–H and O–H groups in total. The Hall–Kier alpha value is -1.88. The fourth-order valence-corrected chi connectivity index (χ4v) is 2.82. The maximum atomic E-state index is 12.6. The first-order valence-corrected chi connectivity index (χ1v) is 7.26. The van der Waals surface area contributed by atoms with E-state index in [1.54, 1.807) is 7.11 Å². The number of rotatable bonds is 5. The van der Waals surface area contributed by atoms with Crippen LogP contribution in [0, 0.1) is 5.92 Å². The van der Waals surface area contributed by atoms with Gasteiger partial charge in [0.15, 0.2) is 6.10 Å². The molecule has 0 aliphatic carbocycles. The zero-order chi connectivity index (χ0) is 15.2. The number of nitrogens with zero attached hydrogens (tertiary/aromatic N) is 1. The molecule has 1 fully saturated rings. The molecule has 1 heterocycles. The third kappa shape index (κ3) is 4.04. The summed E-state index contributed by atoms with van der Waals surface area (Å²) in [5.41, 5.74) is 6.09. The van der Waals surface area contributed by atoms with Gasteiger partial charge in [-0.1, -0.05) is 30.3 Å². The predicted octanol–water partition coefficient (Wildman–Crippen LogP) is 1.49. The molecule has 114 valence electrons. The molecule has 2 amide bonds. The summed E-state index contributed by atoms with van der Waals surface area (Å²) in [5, 5.41) is 0. The first-order valence-electron chi connectivity index (χ1n) is 7.26. The summed E-state index contributed by atoms with van der Waals surface area (Å²) in [5.74, 6) is 0.0179. The predicted molar refractivity (Wildman–Crippen MR) is 79.3 cm³/mol. The van der Waals surface area contributed by atoms with Crippen molar-refractivity contribution in [1.29, 1.82) is 0 Å². The van der Waals surface area contributed by atoms with Crippen molar-refractivity contribution in [3.63, 3.8) is 0 Å². The SMILES string of the molecule is CO[C@@H](C(=O)N1CCC(CC(N)=O)CC1)c1ccccc1. The number of carbonyl (C=O) groups is 2. The topological polar surface area (TPSA) is 72.6 Å². The highest BCUT2D eigenvalue weighted by atomic mass is 16.5. The third-order valence-corrected chi connectivity index (χ3v) is 3.98. The van der Waals surface area contributed by atoms with Crippen molar-refractivity contribution in [2.75, 3.05) is 20.2 Å². The van der Waals surface area contributed by atoms with Crippen LogP contribution in [0.3, 0.4) is 0 Å². The first kappa shape index (κ1) is 15.5. The van der Waals surface area contributed by atoms with E-state index in [1.165, 1.54) is 0 Å². The van der Waals surface area contributed by atoms with Gasteiger partial charge in [-0.25, -0.2) is 0 Å². The largest absolute Gasteiger partial charge is 0.370 e. The number of amides is 2. The second-order valence-corrected chi connectivity index (χ2v) is 5.47. The molecule has 0 radical (unpaired) electrons. The maximum Gasteiger partial charge on any atom is 0.256 e. The average molecular weight is 290 g/mol. The smallest absolute Gasteiger partial charge is 0.256 e. The monoisotopic (exact) mass is 290 g/mol. The number of nitrogens with two attached hydrogens (primary N) is 1. The van der Waals surface area contributed by atoms with Crippen LogP contribution in [0.15, 0.2) is 30.3 Å². The zero-order valence-corrected chi connectivity index (χ0v) is 12.3. The normalized spacial score (nSPS) is 17.5. The number of hydrogen-bond donors (Lipinski definition) is 1. The molecule has 0 saturated carbocycles. The fraction of sp³-hybridized carbons (Fsp3) is 0.500. The Kier molecular flexibility index (Phi) is 5.33. The number of methoxy groups -OCH3 is 1. The standard InChI is InChI=1S/C16H22N2O3/c1-21-15(13-5-3-2-4-6-13)16(20)18-9-7-12(8-10-18)11-14(17)19/h2-6,12,15H,7-11H2,1H3,(H2,17,19)/t15-/m1/s1. The molecule has 1 atom stereocenters. The van der Waals surface area contributed by atoms with Crippen molar-refractivity contribution in [3.05, 3.63) is 35.9 Å². The fourth-order valence-electron chi connectivity index (χ4n) is 2.82. The van der Waals surface area contributed by atoms with E-state index >= 15 is 0 Å². The zero-order valence-electron chi connectivity index (χ0n) is 12.3. The Bertz CT molecular complexity index is 482. The van der Waals surface area contributed by atoms with Crippen molar-refractivity contribution in [2.45, 2.75) is 25.4 Å². The van der Waals surface area contributed by atoms with Gasteiger partial charge in [0.25, 0.3) is 5.91 Å². The van der Waals surface area contributed by atoms with Crippen LogP contribution in [0.1, 0.15) is 30.9 Å². The minimum atomic E-state index is -0.557. The number of primary amides is 1. The van der Waals surface area contributed by atoms with Crippen molar-refractivity contribution in [3.8, 4) is 0 Å². The molecule has 5 heteroatoms. The minimum absolute atomic E-state index is 0.0128.